The summed E-state index contributed by atoms with van der Waals surface area (Å²) in [6.07, 6.45) is 0. The van der Waals surface area contributed by atoms with Crippen molar-refractivity contribution in [3.8, 4) is 0 Å². The molecule has 0 aliphatic rings. The van der Waals surface area contributed by atoms with Crippen LogP contribution in [0.5, 0.6) is 0 Å². The van der Waals surface area contributed by atoms with Crippen molar-refractivity contribution >= 4 is 0 Å². The third kappa shape index (κ3) is 1.74. The second-order valence-electron chi connectivity index (χ2n) is 1.82. The number of rotatable bonds is 2. The second kappa shape index (κ2) is 2.24. The summed E-state index contributed by atoms with van der Waals surface area (Å²) < 4.78 is 69.2. The highest BCUT2D eigenvalue weighted by Gasteiger charge is 2.68. The van der Waals surface area contributed by atoms with Crippen molar-refractivity contribution in [3.05, 3.63) is 0 Å². The van der Waals surface area contributed by atoms with Crippen molar-refractivity contribution < 1.29 is 26.3 Å². The van der Waals surface area contributed by atoms with E-state index in [-0.39, 0.29) is 0 Å². The molecule has 0 aromatic heterocycles. The number of nitrogens with two attached hydrogens (primary N) is 2. The van der Waals surface area contributed by atoms with Gasteiger partial charge in [0.25, 0.3) is 0 Å². The van der Waals surface area contributed by atoms with Crippen LogP contribution in [0.3, 0.4) is 0 Å². The van der Waals surface area contributed by atoms with Gasteiger partial charge in [-0.05, 0) is 0 Å². The van der Waals surface area contributed by atoms with E-state index in [4.69, 9.17) is 0 Å². The molecule has 0 heterocycles. The minimum Gasteiger partial charge on any atom is -0.266 e. The third-order valence-corrected chi connectivity index (χ3v) is 0.837. The molecular formula is C3H4F6N2. The molecule has 0 atom stereocenters. The molecule has 0 aliphatic heterocycles. The fourth-order valence-corrected chi connectivity index (χ4v) is 0.222. The van der Waals surface area contributed by atoms with Crippen LogP contribution in [0, 0.1) is 0 Å². The number of hydrogen-bond donors (Lipinski definition) is 2. The Morgan fingerprint density at radius 3 is 0.818 bits per heavy atom. The fraction of sp³-hybridized carbons (Fsp3) is 1.00. The maximum Gasteiger partial charge on any atom is 0.399 e. The lowest BCUT2D eigenvalue weighted by Crippen LogP contribution is -2.62. The highest BCUT2D eigenvalue weighted by Crippen LogP contribution is 2.39. The third-order valence-electron chi connectivity index (χ3n) is 0.837. The Kier molecular flexibility index (Phi) is 2.14. The molecule has 0 rings (SSSR count). The maximum absolute atomic E-state index is 11.7. The molecule has 0 aliphatic carbocycles. The summed E-state index contributed by atoms with van der Waals surface area (Å²) in [6.45, 7) is 0. The maximum atomic E-state index is 11.7. The lowest BCUT2D eigenvalue weighted by molar-refractivity contribution is -0.304. The van der Waals surface area contributed by atoms with Gasteiger partial charge in [-0.1, -0.05) is 0 Å². The summed E-state index contributed by atoms with van der Waals surface area (Å²) >= 11 is 0. The van der Waals surface area contributed by atoms with Gasteiger partial charge < -0.3 is 0 Å². The zero-order valence-corrected chi connectivity index (χ0v) is 4.92. The second-order valence-corrected chi connectivity index (χ2v) is 1.82. The lowest BCUT2D eigenvalue weighted by atomic mass is 10.2. The van der Waals surface area contributed by atoms with Gasteiger partial charge in [0.05, 0.1) is 0 Å². The highest BCUT2D eigenvalue weighted by molar-refractivity contribution is 4.88. The summed E-state index contributed by atoms with van der Waals surface area (Å²) in [6, 6.07) is -10.7. The van der Waals surface area contributed by atoms with Crippen LogP contribution in [0.4, 0.5) is 26.3 Å². The van der Waals surface area contributed by atoms with Crippen molar-refractivity contribution in [2.45, 2.75) is 18.0 Å². The summed E-state index contributed by atoms with van der Waals surface area (Å²) in [5, 5.41) is 0. The van der Waals surface area contributed by atoms with Gasteiger partial charge in [0.1, 0.15) is 0 Å². The normalized spacial score (nSPS) is 15.3. The molecule has 0 bridgehead atoms. The molecular weight excluding hydrogens is 178 g/mol. The first-order valence-electron chi connectivity index (χ1n) is 2.21. The van der Waals surface area contributed by atoms with Gasteiger partial charge >= 0.3 is 18.0 Å². The molecule has 0 aromatic carbocycles. The van der Waals surface area contributed by atoms with E-state index >= 15 is 0 Å². The van der Waals surface area contributed by atoms with Crippen molar-refractivity contribution in [2.75, 3.05) is 0 Å². The summed E-state index contributed by atoms with van der Waals surface area (Å²) in [5.41, 5.74) is 6.91. The average molecular weight is 182 g/mol. The predicted molar refractivity (Wildman–Crippen MR) is 23.2 cm³/mol. The monoisotopic (exact) mass is 182 g/mol. The smallest absolute Gasteiger partial charge is 0.266 e. The molecule has 0 unspecified atom stereocenters. The van der Waals surface area contributed by atoms with Gasteiger partial charge in [-0.3, -0.25) is 11.5 Å². The average Bonchev–Trinajstić information content (AvgIpc) is 1.58. The number of hydrogen-bond acceptors (Lipinski definition) is 2. The van der Waals surface area contributed by atoms with Crippen LogP contribution in [-0.4, -0.2) is 18.0 Å². The summed E-state index contributed by atoms with van der Waals surface area (Å²) in [4.78, 5) is 0. The van der Waals surface area contributed by atoms with Gasteiger partial charge in [-0.15, -0.1) is 0 Å². The molecule has 0 saturated carbocycles. The SMILES string of the molecule is NC(F)(F)C(F)(F)C(N)(F)F. The minimum absolute atomic E-state index is 3.46. The minimum atomic E-state index is -5.74. The molecule has 11 heavy (non-hydrogen) atoms. The predicted octanol–water partition coefficient (Wildman–Crippen LogP) is 0.725. The zero-order chi connectivity index (χ0) is 9.50. The first-order valence-corrected chi connectivity index (χ1v) is 2.21. The van der Waals surface area contributed by atoms with Crippen LogP contribution in [0.1, 0.15) is 0 Å². The molecule has 0 radical (unpaired) electrons. The molecule has 8 heteroatoms. The van der Waals surface area contributed by atoms with Crippen molar-refractivity contribution in [1.29, 1.82) is 0 Å². The topological polar surface area (TPSA) is 52.0 Å². The van der Waals surface area contributed by atoms with E-state index in [0.717, 1.165) is 0 Å². The Labute approximate surface area is 57.1 Å². The molecule has 4 N–H and O–H groups in total. The van der Waals surface area contributed by atoms with Crippen LogP contribution in [0.2, 0.25) is 0 Å². The fourth-order valence-electron chi connectivity index (χ4n) is 0.222. The van der Waals surface area contributed by atoms with Gasteiger partial charge in [0.15, 0.2) is 0 Å². The summed E-state index contributed by atoms with van der Waals surface area (Å²) in [7, 11) is 0. The van der Waals surface area contributed by atoms with Crippen LogP contribution in [0.25, 0.3) is 0 Å². The van der Waals surface area contributed by atoms with E-state index in [1.54, 1.807) is 0 Å². The number of halogens is 6. The van der Waals surface area contributed by atoms with Crippen LogP contribution in [0.15, 0.2) is 0 Å². The molecule has 0 saturated heterocycles. The molecule has 0 aromatic rings. The Hall–Kier alpha value is -0.500. The van der Waals surface area contributed by atoms with Crippen LogP contribution in [-0.2, 0) is 0 Å². The standard InChI is InChI=1S/C3H4F6N2/c4-1(5,2(6,7)10)3(8,9)11/h10-11H2. The lowest BCUT2D eigenvalue weighted by Gasteiger charge is -2.26. The van der Waals surface area contributed by atoms with Gasteiger partial charge in [-0.25, -0.2) is 0 Å². The van der Waals surface area contributed by atoms with E-state index in [0.29, 0.717) is 0 Å². The molecule has 68 valence electrons. The van der Waals surface area contributed by atoms with Crippen LogP contribution >= 0.6 is 0 Å². The van der Waals surface area contributed by atoms with Crippen molar-refractivity contribution in [3.63, 3.8) is 0 Å². The Morgan fingerprint density at radius 1 is 0.636 bits per heavy atom. The van der Waals surface area contributed by atoms with Gasteiger partial charge in [0, 0.05) is 0 Å². The number of alkyl halides is 6. The first kappa shape index (κ1) is 10.5. The van der Waals surface area contributed by atoms with E-state index in [1.165, 1.54) is 0 Å². The van der Waals surface area contributed by atoms with Crippen LogP contribution < -0.4 is 11.5 Å². The highest BCUT2D eigenvalue weighted by atomic mass is 19.3. The molecule has 0 spiro atoms. The molecule has 2 nitrogen and oxygen atoms in total. The quantitative estimate of drug-likeness (QED) is 0.488. The Balaban J connectivity index is 4.75. The molecule has 0 amide bonds. The first-order chi connectivity index (χ1) is 4.50. The largest absolute Gasteiger partial charge is 0.399 e. The van der Waals surface area contributed by atoms with E-state index in [1.807, 2.05) is 0 Å². The molecule has 0 fully saturated rings. The van der Waals surface area contributed by atoms with E-state index in [9.17, 15) is 26.3 Å². The Morgan fingerprint density at radius 2 is 0.818 bits per heavy atom. The van der Waals surface area contributed by atoms with E-state index in [2.05, 4.69) is 11.5 Å². The van der Waals surface area contributed by atoms with Gasteiger partial charge in [-0.2, -0.15) is 26.3 Å². The van der Waals surface area contributed by atoms with Crippen molar-refractivity contribution in [1.82, 2.24) is 0 Å². The van der Waals surface area contributed by atoms with E-state index < -0.39 is 18.0 Å². The zero-order valence-electron chi connectivity index (χ0n) is 4.92. The Bertz CT molecular complexity index is 127. The summed E-state index contributed by atoms with van der Waals surface area (Å²) in [5.74, 6) is -5.74. The van der Waals surface area contributed by atoms with Gasteiger partial charge in [0.2, 0.25) is 0 Å². The van der Waals surface area contributed by atoms with Crippen molar-refractivity contribution in [2.24, 2.45) is 11.5 Å².